The summed E-state index contributed by atoms with van der Waals surface area (Å²) in [6.45, 7) is 3.71. The molecule has 0 aliphatic carbocycles. The third kappa shape index (κ3) is 3.59. The molecule has 2 rings (SSSR count). The normalized spacial score (nSPS) is 13.0. The highest BCUT2D eigenvalue weighted by molar-refractivity contribution is 7.89. The molecule has 2 aromatic rings. The van der Waals surface area contributed by atoms with Crippen molar-refractivity contribution < 1.29 is 8.42 Å². The van der Waals surface area contributed by atoms with Crippen LogP contribution >= 0.6 is 0 Å². The lowest BCUT2D eigenvalue weighted by atomic mass is 10.1. The molecule has 21 heavy (non-hydrogen) atoms. The SMILES string of the molecule is CCc1ccc(N)cc1S(=O)(=O)NC(C)c1ccncc1. The van der Waals surface area contributed by atoms with Gasteiger partial charge in [0.1, 0.15) is 0 Å². The Morgan fingerprint density at radius 1 is 1.24 bits per heavy atom. The van der Waals surface area contributed by atoms with Crippen molar-refractivity contribution >= 4 is 15.7 Å². The summed E-state index contributed by atoms with van der Waals surface area (Å²) in [6.07, 6.45) is 3.90. The Balaban J connectivity index is 2.33. The van der Waals surface area contributed by atoms with Gasteiger partial charge >= 0.3 is 0 Å². The lowest BCUT2D eigenvalue weighted by molar-refractivity contribution is 0.566. The number of nitrogens with zero attached hydrogens (tertiary/aromatic N) is 1. The molecular formula is C15H19N3O2S. The van der Waals surface area contributed by atoms with E-state index in [0.717, 1.165) is 11.1 Å². The zero-order valence-corrected chi connectivity index (χ0v) is 12.9. The van der Waals surface area contributed by atoms with Crippen molar-refractivity contribution in [2.45, 2.75) is 31.2 Å². The molecule has 1 atom stereocenters. The van der Waals surface area contributed by atoms with Gasteiger partial charge in [0.25, 0.3) is 0 Å². The van der Waals surface area contributed by atoms with Crippen LogP contribution in [0.5, 0.6) is 0 Å². The van der Waals surface area contributed by atoms with E-state index in [9.17, 15) is 8.42 Å². The van der Waals surface area contributed by atoms with E-state index in [2.05, 4.69) is 9.71 Å². The molecule has 0 radical (unpaired) electrons. The van der Waals surface area contributed by atoms with E-state index in [-0.39, 0.29) is 10.9 Å². The van der Waals surface area contributed by atoms with Gasteiger partial charge in [0.2, 0.25) is 10.0 Å². The van der Waals surface area contributed by atoms with E-state index in [0.29, 0.717) is 12.1 Å². The monoisotopic (exact) mass is 305 g/mol. The molecule has 0 aliphatic rings. The maximum atomic E-state index is 12.6. The van der Waals surface area contributed by atoms with Gasteiger partial charge in [0.05, 0.1) is 4.90 Å². The Bertz CT molecular complexity index is 715. The highest BCUT2D eigenvalue weighted by atomic mass is 32.2. The highest BCUT2D eigenvalue weighted by Crippen LogP contribution is 2.22. The molecule has 0 fully saturated rings. The smallest absolute Gasteiger partial charge is 0.241 e. The van der Waals surface area contributed by atoms with E-state index in [1.807, 2.05) is 6.92 Å². The third-order valence-corrected chi connectivity index (χ3v) is 4.92. The number of sulfonamides is 1. The first-order valence-corrected chi connectivity index (χ1v) is 8.23. The fraction of sp³-hybridized carbons (Fsp3) is 0.267. The van der Waals surface area contributed by atoms with Crippen molar-refractivity contribution in [2.24, 2.45) is 0 Å². The van der Waals surface area contributed by atoms with Crippen molar-refractivity contribution in [3.63, 3.8) is 0 Å². The molecule has 0 amide bonds. The molecule has 0 spiro atoms. The molecule has 6 heteroatoms. The number of pyridine rings is 1. The molecule has 1 aromatic carbocycles. The second kappa shape index (κ2) is 6.24. The van der Waals surface area contributed by atoms with Gasteiger partial charge in [-0.2, -0.15) is 0 Å². The predicted octanol–water partition coefficient (Wildman–Crippen LogP) is 2.27. The summed E-state index contributed by atoms with van der Waals surface area (Å²) in [6, 6.07) is 8.19. The molecule has 1 unspecified atom stereocenters. The van der Waals surface area contributed by atoms with Crippen molar-refractivity contribution in [3.05, 3.63) is 53.9 Å². The van der Waals surface area contributed by atoms with Crippen LogP contribution in [-0.4, -0.2) is 13.4 Å². The first kappa shape index (κ1) is 15.5. The lowest BCUT2D eigenvalue weighted by Crippen LogP contribution is -2.27. The number of hydrogen-bond acceptors (Lipinski definition) is 4. The van der Waals surface area contributed by atoms with E-state index in [4.69, 9.17) is 5.73 Å². The van der Waals surface area contributed by atoms with Gasteiger partial charge in [-0.1, -0.05) is 13.0 Å². The molecule has 0 saturated heterocycles. The van der Waals surface area contributed by atoms with E-state index in [1.165, 1.54) is 6.07 Å². The van der Waals surface area contributed by atoms with Gasteiger partial charge in [-0.05, 0) is 48.7 Å². The summed E-state index contributed by atoms with van der Waals surface area (Å²) in [5, 5.41) is 0. The Hall–Kier alpha value is -1.92. The number of nitrogens with two attached hydrogens (primary N) is 1. The van der Waals surface area contributed by atoms with Crippen LogP contribution in [0.15, 0.2) is 47.6 Å². The number of aromatic nitrogens is 1. The first-order valence-electron chi connectivity index (χ1n) is 6.74. The molecule has 0 aliphatic heterocycles. The van der Waals surface area contributed by atoms with Crippen LogP contribution in [0.4, 0.5) is 5.69 Å². The fourth-order valence-corrected chi connectivity index (χ4v) is 3.71. The first-order chi connectivity index (χ1) is 9.94. The van der Waals surface area contributed by atoms with Gasteiger partial charge in [-0.25, -0.2) is 13.1 Å². The van der Waals surface area contributed by atoms with Gasteiger partial charge in [0.15, 0.2) is 0 Å². The predicted molar refractivity (Wildman–Crippen MR) is 83.2 cm³/mol. The Kier molecular flexibility index (Phi) is 4.59. The van der Waals surface area contributed by atoms with Gasteiger partial charge in [0, 0.05) is 24.1 Å². The molecule has 1 aromatic heterocycles. The number of benzene rings is 1. The molecule has 0 bridgehead atoms. The Labute approximate surface area is 125 Å². The van der Waals surface area contributed by atoms with Gasteiger partial charge < -0.3 is 5.73 Å². The van der Waals surface area contributed by atoms with Crippen molar-refractivity contribution in [3.8, 4) is 0 Å². The van der Waals surface area contributed by atoms with Crippen LogP contribution in [0.1, 0.15) is 31.0 Å². The minimum atomic E-state index is -3.62. The Morgan fingerprint density at radius 2 is 1.90 bits per heavy atom. The molecule has 5 nitrogen and oxygen atoms in total. The summed E-state index contributed by atoms with van der Waals surface area (Å²) in [5.74, 6) is 0. The lowest BCUT2D eigenvalue weighted by Gasteiger charge is -2.16. The quantitative estimate of drug-likeness (QED) is 0.830. The minimum Gasteiger partial charge on any atom is -0.399 e. The topological polar surface area (TPSA) is 85.1 Å². The van der Waals surface area contributed by atoms with Gasteiger partial charge in [-0.15, -0.1) is 0 Å². The van der Waals surface area contributed by atoms with Crippen molar-refractivity contribution in [1.29, 1.82) is 0 Å². The molecule has 0 saturated carbocycles. The average Bonchev–Trinajstić information content (AvgIpc) is 2.47. The number of nitrogen functional groups attached to an aromatic ring is 1. The number of nitrogens with one attached hydrogen (secondary N) is 1. The molecular weight excluding hydrogens is 286 g/mol. The standard InChI is InChI=1S/C15H19N3O2S/c1-3-12-4-5-14(16)10-15(12)21(19,20)18-11(2)13-6-8-17-9-7-13/h4-11,18H,3,16H2,1-2H3. The van der Waals surface area contributed by atoms with Crippen molar-refractivity contribution in [1.82, 2.24) is 9.71 Å². The summed E-state index contributed by atoms with van der Waals surface area (Å²) in [5.41, 5.74) is 7.76. The molecule has 1 heterocycles. The van der Waals surface area contributed by atoms with Crippen LogP contribution in [0.2, 0.25) is 0 Å². The van der Waals surface area contributed by atoms with Gasteiger partial charge in [-0.3, -0.25) is 4.98 Å². The van der Waals surface area contributed by atoms with E-state index in [1.54, 1.807) is 43.6 Å². The van der Waals surface area contributed by atoms with E-state index >= 15 is 0 Å². The molecule has 3 N–H and O–H groups in total. The summed E-state index contributed by atoms with van der Waals surface area (Å²) < 4.78 is 27.8. The largest absolute Gasteiger partial charge is 0.399 e. The van der Waals surface area contributed by atoms with E-state index < -0.39 is 10.0 Å². The second-order valence-corrected chi connectivity index (χ2v) is 6.53. The maximum Gasteiger partial charge on any atom is 0.241 e. The summed E-state index contributed by atoms with van der Waals surface area (Å²) >= 11 is 0. The maximum absolute atomic E-state index is 12.6. The highest BCUT2D eigenvalue weighted by Gasteiger charge is 2.21. The zero-order valence-electron chi connectivity index (χ0n) is 12.1. The average molecular weight is 305 g/mol. The van der Waals surface area contributed by atoms with Crippen LogP contribution in [0.25, 0.3) is 0 Å². The Morgan fingerprint density at radius 3 is 2.52 bits per heavy atom. The van der Waals surface area contributed by atoms with Crippen LogP contribution in [0, 0.1) is 0 Å². The minimum absolute atomic E-state index is 0.242. The van der Waals surface area contributed by atoms with Crippen molar-refractivity contribution in [2.75, 3.05) is 5.73 Å². The van der Waals surface area contributed by atoms with Crippen LogP contribution in [0.3, 0.4) is 0 Å². The number of rotatable bonds is 5. The summed E-state index contributed by atoms with van der Waals surface area (Å²) in [7, 11) is -3.62. The zero-order chi connectivity index (χ0) is 15.5. The fourth-order valence-electron chi connectivity index (χ4n) is 2.13. The van der Waals surface area contributed by atoms with Crippen LogP contribution < -0.4 is 10.5 Å². The van der Waals surface area contributed by atoms with Crippen LogP contribution in [-0.2, 0) is 16.4 Å². The second-order valence-electron chi connectivity index (χ2n) is 4.84. The third-order valence-electron chi connectivity index (χ3n) is 3.30. The number of aryl methyl sites for hydroxylation is 1. The number of anilines is 1. The molecule has 112 valence electrons. The summed E-state index contributed by atoms with van der Waals surface area (Å²) in [4.78, 5) is 4.17. The number of hydrogen-bond donors (Lipinski definition) is 2.